The predicted octanol–water partition coefficient (Wildman–Crippen LogP) is 3.20. The average Bonchev–Trinajstić information content (AvgIpc) is 3.53. The van der Waals surface area contributed by atoms with Crippen LogP contribution in [0.1, 0.15) is 5.56 Å². The first-order valence-corrected chi connectivity index (χ1v) is 11.3. The molecular formula is C25H17N3O5S. The highest BCUT2D eigenvalue weighted by molar-refractivity contribution is 7.15. The summed E-state index contributed by atoms with van der Waals surface area (Å²) < 4.78 is 18.4. The van der Waals surface area contributed by atoms with E-state index in [1.54, 1.807) is 34.7 Å². The van der Waals surface area contributed by atoms with Crippen molar-refractivity contribution in [1.29, 1.82) is 0 Å². The Hall–Kier alpha value is -4.37. The SMILES string of the molecule is O=C(COc1ccc(/C=c2\sc3nc4ccccc4n3c2=O)cc1)Nc1ccc2c(c1)OCO2. The number of thiazole rings is 1. The van der Waals surface area contributed by atoms with Crippen LogP contribution in [0, 0.1) is 0 Å². The van der Waals surface area contributed by atoms with Crippen LogP contribution in [0.5, 0.6) is 17.2 Å². The Labute approximate surface area is 196 Å². The highest BCUT2D eigenvalue weighted by atomic mass is 32.1. The molecule has 8 nitrogen and oxygen atoms in total. The number of para-hydroxylation sites is 2. The maximum Gasteiger partial charge on any atom is 0.274 e. The van der Waals surface area contributed by atoms with Gasteiger partial charge in [-0.05, 0) is 48.0 Å². The first kappa shape index (κ1) is 20.3. The van der Waals surface area contributed by atoms with E-state index < -0.39 is 0 Å². The van der Waals surface area contributed by atoms with Crippen molar-refractivity contribution in [3.05, 3.63) is 87.2 Å². The summed E-state index contributed by atoms with van der Waals surface area (Å²) >= 11 is 1.35. The molecule has 34 heavy (non-hydrogen) atoms. The average molecular weight is 471 g/mol. The molecule has 0 radical (unpaired) electrons. The molecule has 2 aromatic heterocycles. The fourth-order valence-corrected chi connectivity index (χ4v) is 4.73. The summed E-state index contributed by atoms with van der Waals surface area (Å²) in [7, 11) is 0. The van der Waals surface area contributed by atoms with Crippen LogP contribution in [0.2, 0.25) is 0 Å². The third-order valence-corrected chi connectivity index (χ3v) is 6.32. The van der Waals surface area contributed by atoms with Gasteiger partial charge < -0.3 is 19.5 Å². The number of amides is 1. The van der Waals surface area contributed by atoms with Crippen LogP contribution in [0.4, 0.5) is 5.69 Å². The maximum absolute atomic E-state index is 12.9. The highest BCUT2D eigenvalue weighted by Crippen LogP contribution is 2.34. The van der Waals surface area contributed by atoms with Gasteiger partial charge in [0.2, 0.25) is 6.79 Å². The Morgan fingerprint density at radius 2 is 1.91 bits per heavy atom. The molecule has 1 aliphatic rings. The van der Waals surface area contributed by atoms with E-state index in [1.807, 2.05) is 42.5 Å². The fraction of sp³-hybridized carbons (Fsp3) is 0.0800. The normalized spacial score (nSPS) is 13.0. The lowest BCUT2D eigenvalue weighted by Crippen LogP contribution is -2.22. The largest absolute Gasteiger partial charge is 0.484 e. The number of rotatable bonds is 5. The number of nitrogens with one attached hydrogen (secondary N) is 1. The van der Waals surface area contributed by atoms with Crippen molar-refractivity contribution in [2.24, 2.45) is 0 Å². The minimum Gasteiger partial charge on any atom is -0.484 e. The second-order valence-corrected chi connectivity index (χ2v) is 8.62. The van der Waals surface area contributed by atoms with Crippen LogP contribution in [0.15, 0.2) is 71.5 Å². The molecule has 0 aliphatic carbocycles. The quantitative estimate of drug-likeness (QED) is 0.423. The van der Waals surface area contributed by atoms with Crippen molar-refractivity contribution < 1.29 is 19.0 Å². The lowest BCUT2D eigenvalue weighted by atomic mass is 10.2. The summed E-state index contributed by atoms with van der Waals surface area (Å²) in [6.07, 6.45) is 1.83. The van der Waals surface area contributed by atoms with Gasteiger partial charge in [-0.3, -0.25) is 9.59 Å². The highest BCUT2D eigenvalue weighted by Gasteiger charge is 2.14. The number of imidazole rings is 1. The molecule has 1 amide bonds. The number of anilines is 1. The van der Waals surface area contributed by atoms with Crippen molar-refractivity contribution in [1.82, 2.24) is 9.38 Å². The van der Waals surface area contributed by atoms with Gasteiger partial charge in [0.15, 0.2) is 23.1 Å². The van der Waals surface area contributed by atoms with Crippen LogP contribution in [0.25, 0.3) is 22.1 Å². The van der Waals surface area contributed by atoms with E-state index in [2.05, 4.69) is 10.3 Å². The molecule has 0 fully saturated rings. The number of aromatic nitrogens is 2. The minimum atomic E-state index is -0.292. The number of ether oxygens (including phenoxy) is 3. The Bertz CT molecular complexity index is 1660. The van der Waals surface area contributed by atoms with Crippen molar-refractivity contribution in [2.45, 2.75) is 0 Å². The molecule has 1 aliphatic heterocycles. The fourth-order valence-electron chi connectivity index (χ4n) is 3.74. The number of carbonyl (C=O) groups excluding carboxylic acids is 1. The zero-order valence-electron chi connectivity index (χ0n) is 17.7. The lowest BCUT2D eigenvalue weighted by Gasteiger charge is -2.08. The molecule has 0 saturated carbocycles. The standard InChI is InChI=1S/C25H17N3O5S/c29-23(26-16-7-10-20-21(12-16)33-14-32-20)13-31-17-8-5-15(6-9-17)11-22-24(30)28-19-4-2-1-3-18(19)27-25(28)34-22/h1-12H,13-14H2,(H,26,29)/b22-11-. The number of nitrogens with zero attached hydrogens (tertiary/aromatic N) is 2. The predicted molar refractivity (Wildman–Crippen MR) is 129 cm³/mol. The molecule has 0 bridgehead atoms. The Balaban J connectivity index is 1.14. The molecule has 1 N–H and O–H groups in total. The van der Waals surface area contributed by atoms with Crippen LogP contribution < -0.4 is 29.6 Å². The molecule has 0 unspecified atom stereocenters. The molecule has 0 saturated heterocycles. The summed E-state index contributed by atoms with van der Waals surface area (Å²) in [5, 5.41) is 2.77. The summed E-state index contributed by atoms with van der Waals surface area (Å²) in [6, 6.07) is 20.0. The van der Waals surface area contributed by atoms with Gasteiger partial charge in [-0.2, -0.15) is 0 Å². The van der Waals surface area contributed by atoms with E-state index in [0.717, 1.165) is 16.6 Å². The summed E-state index contributed by atoms with van der Waals surface area (Å²) in [6.45, 7) is 0.0355. The maximum atomic E-state index is 12.9. The van der Waals surface area contributed by atoms with Crippen LogP contribution in [0.3, 0.4) is 0 Å². The minimum absolute atomic E-state index is 0.0887. The zero-order valence-corrected chi connectivity index (χ0v) is 18.5. The molecule has 0 atom stereocenters. The van der Waals surface area contributed by atoms with Gasteiger partial charge in [0, 0.05) is 11.8 Å². The van der Waals surface area contributed by atoms with Crippen molar-refractivity contribution in [2.75, 3.05) is 18.7 Å². The van der Waals surface area contributed by atoms with Crippen molar-refractivity contribution >= 4 is 45.0 Å². The van der Waals surface area contributed by atoms with E-state index in [9.17, 15) is 9.59 Å². The molecular weight excluding hydrogens is 454 g/mol. The van der Waals surface area contributed by atoms with E-state index in [4.69, 9.17) is 14.2 Å². The van der Waals surface area contributed by atoms with Gasteiger partial charge >= 0.3 is 0 Å². The second-order valence-electron chi connectivity index (χ2n) is 7.61. The van der Waals surface area contributed by atoms with Crippen LogP contribution in [-0.4, -0.2) is 28.7 Å². The van der Waals surface area contributed by atoms with Crippen LogP contribution >= 0.6 is 11.3 Å². The number of hydrogen-bond donors (Lipinski definition) is 1. The lowest BCUT2D eigenvalue weighted by molar-refractivity contribution is -0.118. The van der Waals surface area contributed by atoms with Crippen molar-refractivity contribution in [3.63, 3.8) is 0 Å². The van der Waals surface area contributed by atoms with Gasteiger partial charge in [0.05, 0.1) is 15.6 Å². The van der Waals surface area contributed by atoms with E-state index in [1.165, 1.54) is 11.3 Å². The zero-order chi connectivity index (χ0) is 23.1. The van der Waals surface area contributed by atoms with E-state index in [0.29, 0.717) is 32.4 Å². The molecule has 3 heterocycles. The second kappa shape index (κ2) is 8.20. The van der Waals surface area contributed by atoms with Gasteiger partial charge in [-0.1, -0.05) is 35.6 Å². The van der Waals surface area contributed by atoms with Crippen molar-refractivity contribution in [3.8, 4) is 17.2 Å². The third-order valence-electron chi connectivity index (χ3n) is 5.35. The number of carbonyl (C=O) groups is 1. The first-order valence-electron chi connectivity index (χ1n) is 10.5. The number of fused-ring (bicyclic) bond motifs is 4. The third kappa shape index (κ3) is 3.71. The summed E-state index contributed by atoms with van der Waals surface area (Å²) in [4.78, 5) is 30.3. The van der Waals surface area contributed by atoms with E-state index >= 15 is 0 Å². The number of benzene rings is 3. The Morgan fingerprint density at radius 3 is 2.79 bits per heavy atom. The molecule has 0 spiro atoms. The van der Waals surface area contributed by atoms with Gasteiger partial charge in [-0.15, -0.1) is 0 Å². The summed E-state index contributed by atoms with van der Waals surface area (Å²) in [5.74, 6) is 1.51. The molecule has 6 rings (SSSR count). The molecule has 168 valence electrons. The molecule has 3 aromatic carbocycles. The smallest absolute Gasteiger partial charge is 0.274 e. The summed E-state index contributed by atoms with van der Waals surface area (Å²) in [5.41, 5.74) is 2.98. The monoisotopic (exact) mass is 471 g/mol. The molecule has 9 heteroatoms. The Kier molecular flexibility index (Phi) is 4.88. The topological polar surface area (TPSA) is 91.2 Å². The van der Waals surface area contributed by atoms with Crippen LogP contribution in [-0.2, 0) is 4.79 Å². The van der Waals surface area contributed by atoms with Gasteiger partial charge in [0.1, 0.15) is 5.75 Å². The molecule has 5 aromatic rings. The van der Waals surface area contributed by atoms with E-state index in [-0.39, 0.29) is 24.9 Å². The Morgan fingerprint density at radius 1 is 1.09 bits per heavy atom. The number of hydrogen-bond acceptors (Lipinski definition) is 7. The first-order chi connectivity index (χ1) is 16.6. The van der Waals surface area contributed by atoms with Gasteiger partial charge in [-0.25, -0.2) is 9.38 Å². The van der Waals surface area contributed by atoms with Gasteiger partial charge in [0.25, 0.3) is 11.5 Å².